The molecule has 1 aliphatic rings. The van der Waals surface area contributed by atoms with Crippen molar-refractivity contribution in [2.75, 3.05) is 37.6 Å². The van der Waals surface area contributed by atoms with E-state index in [9.17, 15) is 4.79 Å². The van der Waals surface area contributed by atoms with Gasteiger partial charge in [0.2, 0.25) is 0 Å². The number of hydrogen-bond acceptors (Lipinski definition) is 6. The normalized spacial score (nSPS) is 15.8. The molecule has 5 rings (SSSR count). The van der Waals surface area contributed by atoms with Gasteiger partial charge in [0, 0.05) is 32.7 Å². The smallest absolute Gasteiger partial charge is 0.305 e. The van der Waals surface area contributed by atoms with Gasteiger partial charge in [-0.15, -0.1) is 0 Å². The first-order chi connectivity index (χ1) is 13.2. The zero-order chi connectivity index (χ0) is 18.2. The van der Waals surface area contributed by atoms with Crippen LogP contribution in [-0.4, -0.2) is 47.6 Å². The molecule has 0 spiro atoms. The molecular formula is C20H20N4OS2. The van der Waals surface area contributed by atoms with Crippen LogP contribution < -0.4 is 9.77 Å². The third-order valence-corrected chi connectivity index (χ3v) is 7.07. The van der Waals surface area contributed by atoms with Crippen LogP contribution in [0.4, 0.5) is 5.13 Å². The molecule has 0 unspecified atom stereocenters. The van der Waals surface area contributed by atoms with Crippen LogP contribution in [0.25, 0.3) is 20.4 Å². The molecule has 1 aliphatic heterocycles. The van der Waals surface area contributed by atoms with Crippen molar-refractivity contribution < 1.29 is 0 Å². The van der Waals surface area contributed by atoms with Crippen LogP contribution in [0.1, 0.15) is 5.56 Å². The lowest BCUT2D eigenvalue weighted by Crippen LogP contribution is -2.46. The molecule has 1 fully saturated rings. The summed E-state index contributed by atoms with van der Waals surface area (Å²) in [5.74, 6) is 0. The molecule has 27 heavy (non-hydrogen) atoms. The van der Waals surface area contributed by atoms with Gasteiger partial charge in [-0.1, -0.05) is 40.9 Å². The standard InChI is InChI=1S/C20H20N4OS2/c25-20-22-16-6-5-14(13-18(16)27-20)7-8-23-9-11-24(12-10-23)19-21-15-3-1-2-4-17(15)26-19/h1-6,13H,7-12H2,(H,22,25). The molecule has 0 aliphatic carbocycles. The van der Waals surface area contributed by atoms with Gasteiger partial charge in [-0.2, -0.15) is 0 Å². The van der Waals surface area contributed by atoms with Crippen LogP contribution in [0.2, 0.25) is 0 Å². The van der Waals surface area contributed by atoms with E-state index in [1.165, 1.54) is 21.6 Å². The minimum Gasteiger partial charge on any atom is -0.345 e. The summed E-state index contributed by atoms with van der Waals surface area (Å²) in [4.78, 5) is 24.1. The van der Waals surface area contributed by atoms with Gasteiger partial charge in [-0.25, -0.2) is 4.98 Å². The first-order valence-electron chi connectivity index (χ1n) is 9.19. The van der Waals surface area contributed by atoms with E-state index in [-0.39, 0.29) is 4.87 Å². The Morgan fingerprint density at radius 2 is 1.85 bits per heavy atom. The van der Waals surface area contributed by atoms with Gasteiger partial charge in [0.05, 0.1) is 20.4 Å². The third-order valence-electron chi connectivity index (χ3n) is 5.13. The molecule has 3 heterocycles. The highest BCUT2D eigenvalue weighted by Crippen LogP contribution is 2.29. The second-order valence-corrected chi connectivity index (χ2v) is 8.91. The number of hydrogen-bond donors (Lipinski definition) is 1. The van der Waals surface area contributed by atoms with Crippen LogP contribution in [0.15, 0.2) is 47.3 Å². The van der Waals surface area contributed by atoms with Crippen LogP contribution in [0.3, 0.4) is 0 Å². The first-order valence-corrected chi connectivity index (χ1v) is 10.8. The SMILES string of the molecule is O=c1[nH]c2ccc(CCN3CCN(c4nc5ccccc5s4)CC3)cc2s1. The van der Waals surface area contributed by atoms with E-state index in [0.717, 1.165) is 60.0 Å². The van der Waals surface area contributed by atoms with Crippen molar-refractivity contribution in [2.24, 2.45) is 0 Å². The molecule has 1 N–H and O–H groups in total. The summed E-state index contributed by atoms with van der Waals surface area (Å²) >= 11 is 3.08. The fraction of sp³-hybridized carbons (Fsp3) is 0.300. The summed E-state index contributed by atoms with van der Waals surface area (Å²) in [5.41, 5.74) is 3.34. The molecule has 0 saturated carbocycles. The van der Waals surface area contributed by atoms with E-state index in [4.69, 9.17) is 4.98 Å². The Morgan fingerprint density at radius 1 is 1.00 bits per heavy atom. The highest BCUT2D eigenvalue weighted by atomic mass is 32.1. The lowest BCUT2D eigenvalue weighted by atomic mass is 10.1. The summed E-state index contributed by atoms with van der Waals surface area (Å²) in [7, 11) is 0. The van der Waals surface area contributed by atoms with Gasteiger partial charge in [0.25, 0.3) is 0 Å². The molecule has 1 saturated heterocycles. The minimum atomic E-state index is 0.0214. The zero-order valence-electron chi connectivity index (χ0n) is 14.9. The van der Waals surface area contributed by atoms with Crippen molar-refractivity contribution >= 4 is 48.2 Å². The molecule has 5 nitrogen and oxygen atoms in total. The highest BCUT2D eigenvalue weighted by Gasteiger charge is 2.19. The number of aromatic amines is 1. The molecule has 2 aromatic heterocycles. The van der Waals surface area contributed by atoms with Crippen molar-refractivity contribution in [1.82, 2.24) is 14.9 Å². The van der Waals surface area contributed by atoms with E-state index >= 15 is 0 Å². The predicted octanol–water partition coefficient (Wildman–Crippen LogP) is 3.56. The molecular weight excluding hydrogens is 376 g/mol. The van der Waals surface area contributed by atoms with Gasteiger partial charge in [-0.05, 0) is 36.2 Å². The Morgan fingerprint density at radius 3 is 2.70 bits per heavy atom. The average molecular weight is 397 g/mol. The highest BCUT2D eigenvalue weighted by molar-refractivity contribution is 7.22. The Hall–Kier alpha value is -2.22. The van der Waals surface area contributed by atoms with Gasteiger partial charge in [0.1, 0.15) is 0 Å². The van der Waals surface area contributed by atoms with E-state index in [1.807, 2.05) is 12.1 Å². The second-order valence-electron chi connectivity index (χ2n) is 6.89. The van der Waals surface area contributed by atoms with Gasteiger partial charge in [0.15, 0.2) is 5.13 Å². The van der Waals surface area contributed by atoms with Gasteiger partial charge >= 0.3 is 4.87 Å². The molecule has 2 aromatic carbocycles. The summed E-state index contributed by atoms with van der Waals surface area (Å²) < 4.78 is 2.32. The van der Waals surface area contributed by atoms with Crippen molar-refractivity contribution in [2.45, 2.75) is 6.42 Å². The van der Waals surface area contributed by atoms with E-state index in [1.54, 1.807) is 11.3 Å². The maximum atomic E-state index is 11.5. The largest absolute Gasteiger partial charge is 0.345 e. The minimum absolute atomic E-state index is 0.0214. The Kier molecular flexibility index (Phi) is 4.43. The van der Waals surface area contributed by atoms with Crippen LogP contribution in [0, 0.1) is 0 Å². The summed E-state index contributed by atoms with van der Waals surface area (Å²) in [6.45, 7) is 5.24. The van der Waals surface area contributed by atoms with Gasteiger partial charge in [-0.3, -0.25) is 9.69 Å². The van der Waals surface area contributed by atoms with Crippen LogP contribution in [0.5, 0.6) is 0 Å². The quantitative estimate of drug-likeness (QED) is 0.573. The number of fused-ring (bicyclic) bond motifs is 2. The lowest BCUT2D eigenvalue weighted by Gasteiger charge is -2.34. The fourth-order valence-corrected chi connectivity index (χ4v) is 5.41. The van der Waals surface area contributed by atoms with Gasteiger partial charge < -0.3 is 9.88 Å². The number of rotatable bonds is 4. The fourth-order valence-electron chi connectivity index (χ4n) is 3.59. The van der Waals surface area contributed by atoms with Crippen LogP contribution >= 0.6 is 22.7 Å². The monoisotopic (exact) mass is 396 g/mol. The molecule has 0 radical (unpaired) electrons. The molecule has 0 amide bonds. The lowest BCUT2D eigenvalue weighted by molar-refractivity contribution is 0.261. The molecule has 0 bridgehead atoms. The topological polar surface area (TPSA) is 52.2 Å². The Bertz CT molecular complexity index is 1100. The number of nitrogens with one attached hydrogen (secondary N) is 1. The third kappa shape index (κ3) is 3.50. The number of aromatic nitrogens is 2. The van der Waals surface area contributed by atoms with Crippen molar-refractivity contribution in [3.05, 3.63) is 57.7 Å². The zero-order valence-corrected chi connectivity index (χ0v) is 16.5. The first kappa shape index (κ1) is 16.9. The number of nitrogens with zero attached hydrogens (tertiary/aromatic N) is 3. The molecule has 138 valence electrons. The molecule has 4 aromatic rings. The van der Waals surface area contributed by atoms with Crippen molar-refractivity contribution in [3.63, 3.8) is 0 Å². The maximum Gasteiger partial charge on any atom is 0.305 e. The second kappa shape index (κ2) is 7.07. The predicted molar refractivity (Wildman–Crippen MR) is 114 cm³/mol. The number of benzene rings is 2. The van der Waals surface area contributed by atoms with E-state index in [0.29, 0.717) is 0 Å². The number of para-hydroxylation sites is 1. The van der Waals surface area contributed by atoms with E-state index < -0.39 is 0 Å². The summed E-state index contributed by atoms with van der Waals surface area (Å²) in [6.07, 6.45) is 1.02. The summed E-state index contributed by atoms with van der Waals surface area (Å²) in [6, 6.07) is 14.7. The van der Waals surface area contributed by atoms with Crippen molar-refractivity contribution in [1.29, 1.82) is 0 Å². The van der Waals surface area contributed by atoms with E-state index in [2.05, 4.69) is 45.1 Å². The maximum absolute atomic E-state index is 11.5. The number of piperazine rings is 1. The Labute approximate surface area is 164 Å². The average Bonchev–Trinajstić information content (AvgIpc) is 3.28. The van der Waals surface area contributed by atoms with Crippen LogP contribution in [-0.2, 0) is 6.42 Å². The Balaban J connectivity index is 1.19. The molecule has 7 heteroatoms. The van der Waals surface area contributed by atoms with Crippen molar-refractivity contribution in [3.8, 4) is 0 Å². The number of thiazole rings is 2. The number of H-pyrrole nitrogens is 1. The number of anilines is 1. The molecule has 0 atom stereocenters. The summed E-state index contributed by atoms with van der Waals surface area (Å²) in [5, 5.41) is 1.14.